The van der Waals surface area contributed by atoms with Crippen molar-refractivity contribution in [3.63, 3.8) is 0 Å². The lowest BCUT2D eigenvalue weighted by atomic mass is 9.42. The molecule has 1 aromatic carbocycles. The zero-order chi connectivity index (χ0) is 32.6. The first-order valence-corrected chi connectivity index (χ1v) is 18.4. The Bertz CT molecular complexity index is 1160. The number of ketones is 1. The van der Waals surface area contributed by atoms with Crippen molar-refractivity contribution in [3.05, 3.63) is 29.8 Å². The Labute approximate surface area is 267 Å². The lowest BCUT2D eigenvalue weighted by Gasteiger charge is -2.62. The first-order chi connectivity index (χ1) is 21.2. The van der Waals surface area contributed by atoms with E-state index in [1.807, 2.05) is 12.1 Å². The van der Waals surface area contributed by atoms with Crippen molar-refractivity contribution >= 4 is 17.0 Å². The van der Waals surface area contributed by atoms with Crippen LogP contribution in [0.3, 0.4) is 0 Å². The molecule has 9 atom stereocenters. The van der Waals surface area contributed by atoms with Gasteiger partial charge in [-0.2, -0.15) is 22.0 Å². The van der Waals surface area contributed by atoms with Gasteiger partial charge in [-0.05, 0) is 122 Å². The molecule has 0 aromatic heterocycles. The topological polar surface area (TPSA) is 69.6 Å². The maximum Gasteiger partial charge on any atom is 0.453 e. The molecule has 0 bridgehead atoms. The van der Waals surface area contributed by atoms with E-state index < -0.39 is 36.1 Å². The number of carbonyl (C=O) groups is 1. The van der Waals surface area contributed by atoms with Crippen LogP contribution < -0.4 is 4.74 Å². The van der Waals surface area contributed by atoms with Gasteiger partial charge in [0.1, 0.15) is 23.0 Å². The third-order valence-corrected chi connectivity index (χ3v) is 13.7. The highest BCUT2D eigenvalue weighted by Crippen LogP contribution is 2.69. The second-order valence-corrected chi connectivity index (χ2v) is 16.6. The predicted molar refractivity (Wildman–Crippen MR) is 165 cm³/mol. The zero-order valence-corrected chi connectivity index (χ0v) is 27.4. The van der Waals surface area contributed by atoms with Gasteiger partial charge in [-0.15, -0.1) is 0 Å². The van der Waals surface area contributed by atoms with Crippen LogP contribution in [0.15, 0.2) is 24.3 Å². The molecular formula is C35H49F5O4S. The molecule has 254 valence electrons. The maximum absolute atomic E-state index is 13.0. The highest BCUT2D eigenvalue weighted by atomic mass is 32.2. The number of benzene rings is 1. The average molecular weight is 661 g/mol. The predicted octanol–water partition coefficient (Wildman–Crippen LogP) is 8.63. The van der Waals surface area contributed by atoms with E-state index in [1.54, 1.807) is 0 Å². The highest BCUT2D eigenvalue weighted by molar-refractivity contribution is 7.91. The van der Waals surface area contributed by atoms with Crippen LogP contribution in [-0.4, -0.2) is 51.8 Å². The van der Waals surface area contributed by atoms with Gasteiger partial charge in [0.05, 0.1) is 12.7 Å². The fourth-order valence-corrected chi connectivity index (χ4v) is 11.0. The molecule has 0 radical (unpaired) electrons. The van der Waals surface area contributed by atoms with Crippen LogP contribution in [0, 0.1) is 34.5 Å². The summed E-state index contributed by atoms with van der Waals surface area (Å²) >= 11 is -1.42. The average Bonchev–Trinajstić information content (AvgIpc) is 3.28. The van der Waals surface area contributed by atoms with Gasteiger partial charge in [0.25, 0.3) is 0 Å². The summed E-state index contributed by atoms with van der Waals surface area (Å²) in [5.74, 6) is -1.10. The van der Waals surface area contributed by atoms with Crippen LogP contribution in [0.25, 0.3) is 0 Å². The van der Waals surface area contributed by atoms with E-state index in [9.17, 15) is 36.4 Å². The summed E-state index contributed by atoms with van der Waals surface area (Å²) in [4.78, 5) is 12.4. The Morgan fingerprint density at radius 3 is 2.38 bits per heavy atom. The third kappa shape index (κ3) is 7.23. The fraction of sp³-hybridized carbons (Fsp3) is 0.800. The first-order valence-electron chi connectivity index (χ1n) is 16.9. The minimum Gasteiger partial charge on any atom is -0.616 e. The van der Waals surface area contributed by atoms with E-state index in [1.165, 1.54) is 5.56 Å². The van der Waals surface area contributed by atoms with Gasteiger partial charge in [0, 0.05) is 19.3 Å². The monoisotopic (exact) mass is 660 g/mol. The molecule has 5 rings (SSSR count). The lowest BCUT2D eigenvalue weighted by molar-refractivity contribution is -0.284. The minimum atomic E-state index is -5.57. The van der Waals surface area contributed by atoms with Gasteiger partial charge in [-0.25, -0.2) is 0 Å². The van der Waals surface area contributed by atoms with Crippen LogP contribution in [0.1, 0.15) is 109 Å². The maximum atomic E-state index is 13.0. The number of Topliss-reactive ketones (excluding diaryl/α,β-unsaturated/α-hetero) is 1. The number of ether oxygens (including phenoxy) is 1. The number of rotatable bonds is 12. The molecule has 1 aromatic rings. The summed E-state index contributed by atoms with van der Waals surface area (Å²) in [6.45, 7) is 5.22. The number of unbranched alkanes of at least 4 members (excludes halogenated alkanes) is 2. The zero-order valence-electron chi connectivity index (χ0n) is 26.6. The Balaban J connectivity index is 1.13. The van der Waals surface area contributed by atoms with Gasteiger partial charge in [-0.3, -0.25) is 4.79 Å². The largest absolute Gasteiger partial charge is 0.616 e. The molecule has 0 aliphatic heterocycles. The van der Waals surface area contributed by atoms with Gasteiger partial charge in [0.15, 0.2) is 0 Å². The molecule has 0 saturated heterocycles. The number of carbonyl (C=O) groups excluding carboxylic acids is 1. The molecule has 4 saturated carbocycles. The second-order valence-electron chi connectivity index (χ2n) is 14.9. The van der Waals surface area contributed by atoms with Crippen molar-refractivity contribution in [2.24, 2.45) is 34.5 Å². The number of alkyl halides is 5. The Morgan fingerprint density at radius 2 is 1.67 bits per heavy atom. The van der Waals surface area contributed by atoms with Gasteiger partial charge >= 0.3 is 12.1 Å². The Hall–Kier alpha value is -1.39. The summed E-state index contributed by atoms with van der Waals surface area (Å²) < 4.78 is 80.8. The fourth-order valence-electron chi connectivity index (χ4n) is 9.77. The summed E-state index contributed by atoms with van der Waals surface area (Å²) in [6, 6.07) is 8.38. The van der Waals surface area contributed by atoms with E-state index in [2.05, 4.69) is 26.0 Å². The summed E-state index contributed by atoms with van der Waals surface area (Å²) in [5.41, 5.74) is 1.32. The van der Waals surface area contributed by atoms with E-state index in [4.69, 9.17) is 4.74 Å². The summed E-state index contributed by atoms with van der Waals surface area (Å²) in [6.07, 6.45) is 1.95. The van der Waals surface area contributed by atoms with Crippen LogP contribution in [0.4, 0.5) is 22.0 Å². The molecule has 4 aliphatic rings. The normalized spacial score (nSPS) is 35.8. The molecule has 0 amide bonds. The van der Waals surface area contributed by atoms with Gasteiger partial charge in [0.2, 0.25) is 0 Å². The molecule has 4 fully saturated rings. The number of fused-ring (bicyclic) bond motifs is 5. The van der Waals surface area contributed by atoms with Crippen molar-refractivity contribution in [1.82, 2.24) is 0 Å². The highest BCUT2D eigenvalue weighted by Gasteiger charge is 2.63. The van der Waals surface area contributed by atoms with E-state index in [0.717, 1.165) is 50.7 Å². The quantitative estimate of drug-likeness (QED) is 0.139. The van der Waals surface area contributed by atoms with Crippen LogP contribution in [0.5, 0.6) is 5.75 Å². The lowest BCUT2D eigenvalue weighted by Crippen LogP contribution is -2.56. The number of hydrogen-bond donors (Lipinski definition) is 1. The molecule has 0 heterocycles. The van der Waals surface area contributed by atoms with Crippen molar-refractivity contribution in [2.45, 2.75) is 121 Å². The van der Waals surface area contributed by atoms with Crippen molar-refractivity contribution in [1.29, 1.82) is 0 Å². The summed E-state index contributed by atoms with van der Waals surface area (Å²) in [5, 5.41) is 11.2. The van der Waals surface area contributed by atoms with E-state index >= 15 is 0 Å². The van der Waals surface area contributed by atoms with Crippen LogP contribution in [0.2, 0.25) is 0 Å². The van der Waals surface area contributed by atoms with Crippen molar-refractivity contribution in [3.8, 4) is 5.75 Å². The second kappa shape index (κ2) is 13.6. The molecular weight excluding hydrogens is 611 g/mol. The Morgan fingerprint density at radius 1 is 0.956 bits per heavy atom. The van der Waals surface area contributed by atoms with Crippen LogP contribution >= 0.6 is 0 Å². The van der Waals surface area contributed by atoms with Crippen molar-refractivity contribution in [2.75, 3.05) is 18.1 Å². The molecule has 4 aliphatic carbocycles. The minimum absolute atomic E-state index is 0.0908. The standard InChI is InChI=1S/C35H49F5O4S/c1-32-17-15-25(41)21-24(32)9-12-27-29-13-14-30(42)33(29,2)22-28(31(27)32)23-7-10-26(11-8-23)44-18-4-3-5-19-45(43)20-6-16-34(36,37)35(38,39)40/h7-8,10-11,24,27-31,42H,3-6,9,12-22H2,1-2H3/t24-,27-,28+,29-,30-,31+,32-,33-,45?/m0/s1. The summed E-state index contributed by atoms with van der Waals surface area (Å²) in [7, 11) is 0. The molecule has 1 N–H and O–H groups in total. The molecule has 0 spiro atoms. The van der Waals surface area contributed by atoms with Crippen molar-refractivity contribution < 1.29 is 41.1 Å². The molecule has 45 heavy (non-hydrogen) atoms. The Kier molecular flexibility index (Phi) is 10.6. The molecule has 4 nitrogen and oxygen atoms in total. The molecule has 1 unspecified atom stereocenters. The van der Waals surface area contributed by atoms with Gasteiger partial charge < -0.3 is 14.4 Å². The number of aliphatic hydroxyl groups excluding tert-OH is 1. The van der Waals surface area contributed by atoms with E-state index in [-0.39, 0.29) is 28.4 Å². The van der Waals surface area contributed by atoms with E-state index in [0.29, 0.717) is 67.7 Å². The van der Waals surface area contributed by atoms with Gasteiger partial charge in [-0.1, -0.05) is 37.2 Å². The third-order valence-electron chi connectivity index (χ3n) is 12.3. The van der Waals surface area contributed by atoms with Crippen LogP contribution in [-0.2, 0) is 16.0 Å². The number of halogens is 5. The number of aliphatic hydroxyl groups is 1. The first kappa shape index (κ1) is 34.9. The smallest absolute Gasteiger partial charge is 0.453 e. The number of hydrogen-bond acceptors (Lipinski definition) is 4. The SMILES string of the molecule is C[C@]12CCC(=O)C[C@@H]1CC[C@@H]1[C@@H]2[C@@H](c2ccc(OCCCCC[S+]([O-])CCCC(F)(F)C(F)(F)F)cc2)C[C@]2(C)[C@@H](O)CC[C@@H]12. The molecule has 10 heteroatoms.